The smallest absolute Gasteiger partial charge is 0.109 e. The molecule has 4 nitrogen and oxygen atoms in total. The van der Waals surface area contributed by atoms with Crippen molar-refractivity contribution in [3.05, 3.63) is 30.1 Å². The van der Waals surface area contributed by atoms with Crippen LogP contribution in [0.3, 0.4) is 0 Å². The lowest BCUT2D eigenvalue weighted by Crippen LogP contribution is -2.20. The van der Waals surface area contributed by atoms with Crippen LogP contribution < -0.4 is 11.1 Å². The van der Waals surface area contributed by atoms with E-state index in [-0.39, 0.29) is 0 Å². The average Bonchev–Trinajstić information content (AvgIpc) is 2.71. The van der Waals surface area contributed by atoms with Gasteiger partial charge in [0.05, 0.1) is 11.0 Å². The van der Waals surface area contributed by atoms with E-state index in [4.69, 9.17) is 5.73 Å². The molecule has 0 bridgehead atoms. The van der Waals surface area contributed by atoms with Crippen LogP contribution in [0.2, 0.25) is 0 Å². The van der Waals surface area contributed by atoms with E-state index in [1.54, 1.807) is 0 Å². The fourth-order valence-corrected chi connectivity index (χ4v) is 2.14. The second kappa shape index (κ2) is 6.52. The van der Waals surface area contributed by atoms with E-state index in [2.05, 4.69) is 40.1 Å². The largest absolute Gasteiger partial charge is 0.331 e. The van der Waals surface area contributed by atoms with E-state index in [1.165, 1.54) is 5.52 Å². The van der Waals surface area contributed by atoms with Gasteiger partial charge in [0.2, 0.25) is 0 Å². The van der Waals surface area contributed by atoms with Crippen molar-refractivity contribution in [3.63, 3.8) is 0 Å². The first kappa shape index (κ1) is 13.1. The van der Waals surface area contributed by atoms with Gasteiger partial charge < -0.3 is 15.6 Å². The number of nitrogens with one attached hydrogen (secondary N) is 1. The molecule has 0 aliphatic carbocycles. The lowest BCUT2D eigenvalue weighted by Gasteiger charge is -2.04. The van der Waals surface area contributed by atoms with E-state index >= 15 is 0 Å². The predicted octanol–water partition coefficient (Wildman–Crippen LogP) is 1.44. The Hall–Kier alpha value is -1.39. The van der Waals surface area contributed by atoms with Gasteiger partial charge >= 0.3 is 0 Å². The summed E-state index contributed by atoms with van der Waals surface area (Å²) in [5.74, 6) is 1.16. The summed E-state index contributed by atoms with van der Waals surface area (Å²) in [6.07, 6.45) is 3.18. The highest BCUT2D eigenvalue weighted by Gasteiger charge is 2.05. The first-order valence-corrected chi connectivity index (χ1v) is 6.64. The molecule has 0 radical (unpaired) electrons. The Morgan fingerprint density at radius 1 is 1.22 bits per heavy atom. The number of aromatic nitrogens is 2. The van der Waals surface area contributed by atoms with Crippen molar-refractivity contribution in [1.82, 2.24) is 14.9 Å². The molecule has 0 saturated heterocycles. The zero-order valence-electron chi connectivity index (χ0n) is 11.0. The van der Waals surface area contributed by atoms with E-state index in [0.717, 1.165) is 50.2 Å². The quantitative estimate of drug-likeness (QED) is 0.727. The van der Waals surface area contributed by atoms with Crippen LogP contribution in [0.5, 0.6) is 0 Å². The summed E-state index contributed by atoms with van der Waals surface area (Å²) >= 11 is 0. The van der Waals surface area contributed by atoms with Crippen molar-refractivity contribution >= 4 is 11.0 Å². The zero-order valence-corrected chi connectivity index (χ0v) is 11.0. The van der Waals surface area contributed by atoms with Crippen molar-refractivity contribution in [2.24, 2.45) is 12.8 Å². The number of imidazole rings is 1. The molecular formula is C14H22N4. The lowest BCUT2D eigenvalue weighted by molar-refractivity contribution is 0.614. The molecule has 1 heterocycles. The molecule has 0 saturated carbocycles. The Labute approximate surface area is 108 Å². The van der Waals surface area contributed by atoms with E-state index < -0.39 is 0 Å². The number of benzene rings is 1. The maximum absolute atomic E-state index is 5.44. The zero-order chi connectivity index (χ0) is 12.8. The molecule has 0 unspecified atom stereocenters. The van der Waals surface area contributed by atoms with E-state index in [0.29, 0.717) is 0 Å². The van der Waals surface area contributed by atoms with Gasteiger partial charge in [0, 0.05) is 13.5 Å². The molecule has 4 heteroatoms. The monoisotopic (exact) mass is 246 g/mol. The van der Waals surface area contributed by atoms with Gasteiger partial charge in [-0.1, -0.05) is 12.1 Å². The van der Waals surface area contributed by atoms with Crippen molar-refractivity contribution in [3.8, 4) is 0 Å². The van der Waals surface area contributed by atoms with E-state index in [1.807, 2.05) is 6.07 Å². The normalized spacial score (nSPS) is 11.2. The Morgan fingerprint density at radius 2 is 2.00 bits per heavy atom. The van der Waals surface area contributed by atoms with Crippen LogP contribution in [0.15, 0.2) is 24.3 Å². The number of para-hydroxylation sites is 2. The van der Waals surface area contributed by atoms with Crippen LogP contribution in [-0.4, -0.2) is 29.2 Å². The maximum Gasteiger partial charge on any atom is 0.109 e. The Balaban J connectivity index is 1.86. The van der Waals surface area contributed by atoms with Crippen molar-refractivity contribution in [2.75, 3.05) is 19.6 Å². The standard InChI is InChI=1S/C14H22N4/c1-18-13-7-3-2-6-12(13)17-14(18)8-4-10-16-11-5-9-15/h2-3,6-7,16H,4-5,8-11,15H2,1H3. The highest BCUT2D eigenvalue weighted by atomic mass is 15.1. The number of hydrogen-bond donors (Lipinski definition) is 2. The number of hydrogen-bond acceptors (Lipinski definition) is 3. The molecular weight excluding hydrogens is 224 g/mol. The van der Waals surface area contributed by atoms with Crippen LogP contribution in [0.4, 0.5) is 0 Å². The molecule has 3 N–H and O–H groups in total. The molecule has 1 aromatic carbocycles. The van der Waals surface area contributed by atoms with Crippen LogP contribution in [0.1, 0.15) is 18.7 Å². The van der Waals surface area contributed by atoms with Crippen LogP contribution in [-0.2, 0) is 13.5 Å². The topological polar surface area (TPSA) is 55.9 Å². The lowest BCUT2D eigenvalue weighted by atomic mass is 10.3. The number of nitrogens with two attached hydrogens (primary N) is 1. The fraction of sp³-hybridized carbons (Fsp3) is 0.500. The van der Waals surface area contributed by atoms with Crippen LogP contribution in [0, 0.1) is 0 Å². The van der Waals surface area contributed by atoms with Crippen molar-refractivity contribution < 1.29 is 0 Å². The minimum Gasteiger partial charge on any atom is -0.331 e. The molecule has 0 amide bonds. The minimum atomic E-state index is 0.762. The molecule has 0 aliphatic rings. The van der Waals surface area contributed by atoms with Gasteiger partial charge in [-0.05, 0) is 44.6 Å². The minimum absolute atomic E-state index is 0.762. The van der Waals surface area contributed by atoms with Gasteiger partial charge in [-0.25, -0.2) is 4.98 Å². The van der Waals surface area contributed by atoms with Crippen LogP contribution in [0.25, 0.3) is 11.0 Å². The second-order valence-corrected chi connectivity index (χ2v) is 4.57. The number of nitrogens with zero attached hydrogens (tertiary/aromatic N) is 2. The predicted molar refractivity (Wildman–Crippen MR) is 75.6 cm³/mol. The summed E-state index contributed by atoms with van der Waals surface area (Å²) in [5.41, 5.74) is 7.74. The first-order chi connectivity index (χ1) is 8.83. The van der Waals surface area contributed by atoms with Crippen LogP contribution >= 0.6 is 0 Å². The SMILES string of the molecule is Cn1c(CCCNCCCN)nc2ccccc21. The number of fused-ring (bicyclic) bond motifs is 1. The first-order valence-electron chi connectivity index (χ1n) is 6.64. The van der Waals surface area contributed by atoms with Gasteiger partial charge in [-0.3, -0.25) is 0 Å². The van der Waals surface area contributed by atoms with Gasteiger partial charge in [0.15, 0.2) is 0 Å². The van der Waals surface area contributed by atoms with Crippen molar-refractivity contribution in [1.29, 1.82) is 0 Å². The maximum atomic E-state index is 5.44. The molecule has 2 aromatic rings. The summed E-state index contributed by atoms with van der Waals surface area (Å²) in [4.78, 5) is 4.66. The second-order valence-electron chi connectivity index (χ2n) is 4.57. The Kier molecular flexibility index (Phi) is 4.73. The number of aryl methyl sites for hydroxylation is 2. The highest BCUT2D eigenvalue weighted by Crippen LogP contribution is 2.14. The highest BCUT2D eigenvalue weighted by molar-refractivity contribution is 5.75. The summed E-state index contributed by atoms with van der Waals surface area (Å²) in [6.45, 7) is 2.81. The molecule has 98 valence electrons. The third-order valence-corrected chi connectivity index (χ3v) is 3.19. The fourth-order valence-electron chi connectivity index (χ4n) is 2.14. The molecule has 2 rings (SSSR count). The Bertz CT molecular complexity index is 489. The summed E-state index contributed by atoms with van der Waals surface area (Å²) < 4.78 is 2.19. The number of rotatable bonds is 7. The third-order valence-electron chi connectivity index (χ3n) is 3.19. The molecule has 0 spiro atoms. The third kappa shape index (κ3) is 3.09. The average molecular weight is 246 g/mol. The van der Waals surface area contributed by atoms with E-state index in [9.17, 15) is 0 Å². The summed E-state index contributed by atoms with van der Waals surface area (Å²) in [6, 6.07) is 8.28. The molecule has 0 fully saturated rings. The van der Waals surface area contributed by atoms with Gasteiger partial charge in [-0.2, -0.15) is 0 Å². The molecule has 1 aromatic heterocycles. The van der Waals surface area contributed by atoms with Gasteiger partial charge in [-0.15, -0.1) is 0 Å². The molecule has 0 aliphatic heterocycles. The summed E-state index contributed by atoms with van der Waals surface area (Å²) in [5, 5.41) is 3.39. The summed E-state index contributed by atoms with van der Waals surface area (Å²) in [7, 11) is 2.09. The molecule has 18 heavy (non-hydrogen) atoms. The van der Waals surface area contributed by atoms with Crippen molar-refractivity contribution in [2.45, 2.75) is 19.3 Å². The Morgan fingerprint density at radius 3 is 2.78 bits per heavy atom. The molecule has 0 atom stereocenters. The van der Waals surface area contributed by atoms with Gasteiger partial charge in [0.1, 0.15) is 5.82 Å². The van der Waals surface area contributed by atoms with Gasteiger partial charge in [0.25, 0.3) is 0 Å².